The normalized spacial score (nSPS) is 41.4. The third-order valence-electron chi connectivity index (χ3n) is 4.56. The molecule has 1 saturated heterocycles. The molecule has 0 aromatic carbocycles. The predicted octanol–water partition coefficient (Wildman–Crippen LogP) is 2.48. The molecule has 0 amide bonds. The van der Waals surface area contributed by atoms with Gasteiger partial charge in [-0.05, 0) is 62.9 Å². The lowest BCUT2D eigenvalue weighted by molar-refractivity contribution is 0.128. The largest absolute Gasteiger partial charge is 0.330 e. The van der Waals surface area contributed by atoms with Gasteiger partial charge in [0.05, 0.1) is 0 Å². The Hall–Kier alpha value is -0.0800. The van der Waals surface area contributed by atoms with Crippen LogP contribution in [0, 0.1) is 17.8 Å². The smallest absolute Gasteiger partial charge is 0.0100 e. The molecule has 0 aromatic heterocycles. The van der Waals surface area contributed by atoms with Gasteiger partial charge in [-0.15, -0.1) is 0 Å². The van der Waals surface area contributed by atoms with E-state index in [-0.39, 0.29) is 0 Å². The molecule has 0 radical (unpaired) electrons. The first-order valence-electron chi connectivity index (χ1n) is 7.13. The summed E-state index contributed by atoms with van der Waals surface area (Å²) in [7, 11) is 0. The van der Waals surface area contributed by atoms with Crippen LogP contribution in [0.25, 0.3) is 0 Å². The summed E-state index contributed by atoms with van der Waals surface area (Å²) >= 11 is 0. The van der Waals surface area contributed by atoms with Crippen LogP contribution in [0.15, 0.2) is 0 Å². The molecule has 94 valence electrons. The lowest BCUT2D eigenvalue weighted by atomic mass is 9.80. The van der Waals surface area contributed by atoms with Gasteiger partial charge in [0, 0.05) is 12.6 Å². The van der Waals surface area contributed by atoms with Crippen molar-refractivity contribution in [2.24, 2.45) is 23.5 Å². The molecule has 2 heteroatoms. The van der Waals surface area contributed by atoms with E-state index in [9.17, 15) is 0 Å². The molecule has 2 fully saturated rings. The summed E-state index contributed by atoms with van der Waals surface area (Å²) in [5.74, 6) is 2.75. The van der Waals surface area contributed by atoms with Crippen molar-refractivity contribution in [2.75, 3.05) is 19.6 Å². The second kappa shape index (κ2) is 5.50. The molecule has 1 aliphatic heterocycles. The van der Waals surface area contributed by atoms with E-state index in [2.05, 4.69) is 18.7 Å². The lowest BCUT2D eigenvalue weighted by Crippen LogP contribution is -2.39. The number of nitrogens with zero attached hydrogens (tertiary/aromatic N) is 1. The lowest BCUT2D eigenvalue weighted by Gasteiger charge is -2.37. The fraction of sp³-hybridized carbons (Fsp3) is 1.00. The molecular weight excluding hydrogens is 196 g/mol. The maximum Gasteiger partial charge on any atom is 0.0100 e. The van der Waals surface area contributed by atoms with Crippen LogP contribution < -0.4 is 5.73 Å². The summed E-state index contributed by atoms with van der Waals surface area (Å²) in [5.41, 5.74) is 5.66. The van der Waals surface area contributed by atoms with Crippen LogP contribution in [0.4, 0.5) is 0 Å². The highest BCUT2D eigenvalue weighted by Crippen LogP contribution is 2.34. The second-order valence-corrected chi connectivity index (χ2v) is 6.30. The van der Waals surface area contributed by atoms with Crippen molar-refractivity contribution in [1.82, 2.24) is 4.90 Å². The summed E-state index contributed by atoms with van der Waals surface area (Å²) in [5, 5.41) is 0. The Kier molecular flexibility index (Phi) is 4.26. The van der Waals surface area contributed by atoms with E-state index in [1.165, 1.54) is 45.2 Å². The average Bonchev–Trinajstić information content (AvgIpc) is 2.65. The van der Waals surface area contributed by atoms with Gasteiger partial charge in [-0.2, -0.15) is 0 Å². The van der Waals surface area contributed by atoms with Crippen molar-refractivity contribution in [3.05, 3.63) is 0 Å². The third-order valence-corrected chi connectivity index (χ3v) is 4.56. The quantitative estimate of drug-likeness (QED) is 0.798. The SMILES string of the molecule is CC1CC(C)CC(N2CCC(CCN)C2)C1. The first-order chi connectivity index (χ1) is 7.69. The molecule has 0 bridgehead atoms. The van der Waals surface area contributed by atoms with Gasteiger partial charge < -0.3 is 10.6 Å². The fourth-order valence-electron chi connectivity index (χ4n) is 3.87. The zero-order chi connectivity index (χ0) is 11.5. The first kappa shape index (κ1) is 12.4. The van der Waals surface area contributed by atoms with Crippen LogP contribution in [0.5, 0.6) is 0 Å². The zero-order valence-corrected chi connectivity index (χ0v) is 11.0. The van der Waals surface area contributed by atoms with Crippen LogP contribution in [-0.2, 0) is 0 Å². The van der Waals surface area contributed by atoms with Crippen molar-refractivity contribution in [1.29, 1.82) is 0 Å². The first-order valence-corrected chi connectivity index (χ1v) is 7.13. The minimum Gasteiger partial charge on any atom is -0.330 e. The van der Waals surface area contributed by atoms with Crippen molar-refractivity contribution in [3.63, 3.8) is 0 Å². The van der Waals surface area contributed by atoms with Gasteiger partial charge in [-0.1, -0.05) is 13.8 Å². The summed E-state index contributed by atoms with van der Waals surface area (Å²) in [6.07, 6.45) is 6.92. The Morgan fingerprint density at radius 2 is 1.81 bits per heavy atom. The third kappa shape index (κ3) is 2.98. The van der Waals surface area contributed by atoms with Crippen molar-refractivity contribution in [2.45, 2.75) is 52.0 Å². The molecule has 2 rings (SSSR count). The zero-order valence-electron chi connectivity index (χ0n) is 11.0. The van der Waals surface area contributed by atoms with Gasteiger partial charge in [0.1, 0.15) is 0 Å². The summed E-state index contributed by atoms with van der Waals surface area (Å²) < 4.78 is 0. The van der Waals surface area contributed by atoms with E-state index in [4.69, 9.17) is 5.73 Å². The molecule has 2 aliphatic rings. The van der Waals surface area contributed by atoms with Gasteiger partial charge >= 0.3 is 0 Å². The molecule has 1 aliphatic carbocycles. The van der Waals surface area contributed by atoms with Crippen molar-refractivity contribution >= 4 is 0 Å². The molecule has 1 saturated carbocycles. The van der Waals surface area contributed by atoms with Gasteiger partial charge in [-0.25, -0.2) is 0 Å². The van der Waals surface area contributed by atoms with Crippen LogP contribution in [0.2, 0.25) is 0 Å². The monoisotopic (exact) mass is 224 g/mol. The topological polar surface area (TPSA) is 29.3 Å². The van der Waals surface area contributed by atoms with Crippen LogP contribution in [0.1, 0.15) is 46.0 Å². The van der Waals surface area contributed by atoms with Gasteiger partial charge in [0.25, 0.3) is 0 Å². The van der Waals surface area contributed by atoms with Crippen molar-refractivity contribution in [3.8, 4) is 0 Å². The molecule has 0 spiro atoms. The second-order valence-electron chi connectivity index (χ2n) is 6.30. The standard InChI is InChI=1S/C14H28N2/c1-11-7-12(2)9-14(8-11)16-6-4-13(10-16)3-5-15/h11-14H,3-10,15H2,1-2H3. The highest BCUT2D eigenvalue weighted by molar-refractivity contribution is 4.86. The van der Waals surface area contributed by atoms with E-state index >= 15 is 0 Å². The number of rotatable bonds is 3. The summed E-state index contributed by atoms with van der Waals surface area (Å²) in [6, 6.07) is 0.876. The molecule has 3 unspecified atom stereocenters. The van der Waals surface area contributed by atoms with E-state index in [1.807, 2.05) is 0 Å². The Labute approximate surface area is 101 Å². The summed E-state index contributed by atoms with van der Waals surface area (Å²) in [6.45, 7) is 8.37. The van der Waals surface area contributed by atoms with Crippen LogP contribution in [-0.4, -0.2) is 30.6 Å². The molecule has 2 nitrogen and oxygen atoms in total. The highest BCUT2D eigenvalue weighted by atomic mass is 15.2. The predicted molar refractivity (Wildman–Crippen MR) is 69.3 cm³/mol. The molecular formula is C14H28N2. The molecule has 1 heterocycles. The van der Waals surface area contributed by atoms with E-state index in [0.29, 0.717) is 0 Å². The molecule has 2 N–H and O–H groups in total. The number of nitrogens with two attached hydrogens (primary N) is 1. The summed E-state index contributed by atoms with van der Waals surface area (Å²) in [4.78, 5) is 2.76. The minimum absolute atomic E-state index is 0.871. The number of hydrogen-bond donors (Lipinski definition) is 1. The highest BCUT2D eigenvalue weighted by Gasteiger charge is 2.32. The van der Waals surface area contributed by atoms with E-state index in [0.717, 1.165) is 30.3 Å². The minimum atomic E-state index is 0.871. The molecule has 3 atom stereocenters. The van der Waals surface area contributed by atoms with Gasteiger partial charge in [0.15, 0.2) is 0 Å². The number of hydrogen-bond acceptors (Lipinski definition) is 2. The van der Waals surface area contributed by atoms with Gasteiger partial charge in [0.2, 0.25) is 0 Å². The number of likely N-dealkylation sites (tertiary alicyclic amines) is 1. The van der Waals surface area contributed by atoms with Gasteiger partial charge in [-0.3, -0.25) is 0 Å². The van der Waals surface area contributed by atoms with Crippen molar-refractivity contribution < 1.29 is 0 Å². The Morgan fingerprint density at radius 1 is 1.12 bits per heavy atom. The van der Waals surface area contributed by atoms with Crippen LogP contribution in [0.3, 0.4) is 0 Å². The average molecular weight is 224 g/mol. The Morgan fingerprint density at radius 3 is 2.44 bits per heavy atom. The van der Waals surface area contributed by atoms with Crippen LogP contribution >= 0.6 is 0 Å². The van der Waals surface area contributed by atoms with E-state index < -0.39 is 0 Å². The molecule has 0 aromatic rings. The molecule has 16 heavy (non-hydrogen) atoms. The fourth-order valence-corrected chi connectivity index (χ4v) is 3.87. The Bertz CT molecular complexity index is 207. The maximum atomic E-state index is 5.66. The Balaban J connectivity index is 1.84. The van der Waals surface area contributed by atoms with E-state index in [1.54, 1.807) is 0 Å². The maximum absolute atomic E-state index is 5.66.